The van der Waals surface area contributed by atoms with Crippen LogP contribution in [0.2, 0.25) is 0 Å². The van der Waals surface area contributed by atoms with E-state index in [1.165, 1.54) is 17.5 Å². The number of likely N-dealkylation sites (tertiary alicyclic amines) is 2. The molecule has 4 aromatic rings. The van der Waals surface area contributed by atoms with Crippen molar-refractivity contribution in [2.75, 3.05) is 19.6 Å². The standard InChI is InChI=1S/C30H29N3O4/c34-30(35)24-5-1-22(2-6-24)18-33-20-25-17-26(33)19-32(25)15-13-21-3-9-27(10-4-21)37-28-11-7-23(8-12-28)29-31-14-16-36-29/h1-12,14,16,25-26H,13,15,17-20H2,(H,34,35)/t25-,26-/m0/s1. The van der Waals surface area contributed by atoms with Gasteiger partial charge in [0.15, 0.2) is 0 Å². The van der Waals surface area contributed by atoms with Gasteiger partial charge in [0.25, 0.3) is 0 Å². The Morgan fingerprint density at radius 3 is 2.16 bits per heavy atom. The molecule has 3 aromatic carbocycles. The van der Waals surface area contributed by atoms with E-state index in [4.69, 9.17) is 14.3 Å². The summed E-state index contributed by atoms with van der Waals surface area (Å²) < 4.78 is 11.3. The van der Waals surface area contributed by atoms with Crippen molar-refractivity contribution in [3.63, 3.8) is 0 Å². The molecule has 2 bridgehead atoms. The van der Waals surface area contributed by atoms with Gasteiger partial charge in [-0.3, -0.25) is 9.80 Å². The summed E-state index contributed by atoms with van der Waals surface area (Å²) in [5.41, 5.74) is 3.75. The zero-order valence-corrected chi connectivity index (χ0v) is 20.5. The fraction of sp³-hybridized carbons (Fsp3) is 0.267. The number of fused-ring (bicyclic) bond motifs is 2. The maximum Gasteiger partial charge on any atom is 0.335 e. The third-order valence-corrected chi connectivity index (χ3v) is 7.43. The van der Waals surface area contributed by atoms with Gasteiger partial charge < -0.3 is 14.3 Å². The van der Waals surface area contributed by atoms with E-state index >= 15 is 0 Å². The van der Waals surface area contributed by atoms with Gasteiger partial charge in [0.2, 0.25) is 5.89 Å². The van der Waals surface area contributed by atoms with Crippen molar-refractivity contribution in [1.82, 2.24) is 14.8 Å². The summed E-state index contributed by atoms with van der Waals surface area (Å²) in [4.78, 5) is 20.4. The maximum absolute atomic E-state index is 11.1. The quantitative estimate of drug-likeness (QED) is 0.336. The van der Waals surface area contributed by atoms with Crippen LogP contribution in [0.3, 0.4) is 0 Å². The smallest absolute Gasteiger partial charge is 0.335 e. The summed E-state index contributed by atoms with van der Waals surface area (Å²) in [5, 5.41) is 9.09. The van der Waals surface area contributed by atoms with Crippen molar-refractivity contribution in [3.8, 4) is 23.0 Å². The monoisotopic (exact) mass is 495 g/mol. The molecule has 2 aliphatic heterocycles. The van der Waals surface area contributed by atoms with Crippen LogP contribution in [0.5, 0.6) is 11.5 Å². The number of rotatable bonds is 9. The summed E-state index contributed by atoms with van der Waals surface area (Å²) in [5.74, 6) is 1.32. The molecule has 0 saturated carbocycles. The van der Waals surface area contributed by atoms with E-state index in [2.05, 4.69) is 26.9 Å². The number of carboxylic acid groups (broad SMARTS) is 1. The number of carbonyl (C=O) groups is 1. The highest BCUT2D eigenvalue weighted by molar-refractivity contribution is 5.87. The van der Waals surface area contributed by atoms with Gasteiger partial charge in [-0.2, -0.15) is 0 Å². The lowest BCUT2D eigenvalue weighted by atomic mass is 10.1. The minimum absolute atomic E-state index is 0.343. The normalized spacial score (nSPS) is 19.4. The molecule has 37 heavy (non-hydrogen) atoms. The Kier molecular flexibility index (Phi) is 6.47. The van der Waals surface area contributed by atoms with Crippen LogP contribution in [0, 0.1) is 0 Å². The molecule has 2 saturated heterocycles. The summed E-state index contributed by atoms with van der Waals surface area (Å²) >= 11 is 0. The number of hydrogen-bond acceptors (Lipinski definition) is 6. The molecule has 1 aromatic heterocycles. The SMILES string of the molecule is O=C(O)c1ccc(CN2C[C@@H]3C[C@H]2CN3CCc2ccc(Oc3ccc(-c4ncco4)cc3)cc2)cc1. The van der Waals surface area contributed by atoms with E-state index in [1.807, 2.05) is 48.5 Å². The lowest BCUT2D eigenvalue weighted by Crippen LogP contribution is -2.46. The molecule has 2 fully saturated rings. The summed E-state index contributed by atoms with van der Waals surface area (Å²) in [6.45, 7) is 4.12. The molecule has 0 spiro atoms. The molecular weight excluding hydrogens is 466 g/mol. The number of carboxylic acids is 1. The molecule has 2 atom stereocenters. The van der Waals surface area contributed by atoms with Crippen LogP contribution in [0.1, 0.15) is 27.9 Å². The summed E-state index contributed by atoms with van der Waals surface area (Å²) in [6.07, 6.45) is 5.44. The Morgan fingerprint density at radius 1 is 0.892 bits per heavy atom. The molecule has 0 radical (unpaired) electrons. The largest absolute Gasteiger partial charge is 0.478 e. The van der Waals surface area contributed by atoms with E-state index in [1.54, 1.807) is 24.6 Å². The number of ether oxygens (including phenoxy) is 1. The minimum atomic E-state index is -0.876. The van der Waals surface area contributed by atoms with Gasteiger partial charge in [-0.25, -0.2) is 9.78 Å². The van der Waals surface area contributed by atoms with Gasteiger partial charge in [-0.05, 0) is 72.5 Å². The van der Waals surface area contributed by atoms with Crippen molar-refractivity contribution < 1.29 is 19.1 Å². The molecular formula is C30H29N3O4. The number of piperazine rings is 1. The van der Waals surface area contributed by atoms with Gasteiger partial charge in [0.1, 0.15) is 17.8 Å². The van der Waals surface area contributed by atoms with Crippen LogP contribution in [-0.2, 0) is 13.0 Å². The Balaban J connectivity index is 0.971. The molecule has 3 heterocycles. The average Bonchev–Trinajstić information content (AvgIpc) is 3.67. The first-order valence-electron chi connectivity index (χ1n) is 12.7. The Bertz CT molecular complexity index is 1340. The fourth-order valence-electron chi connectivity index (χ4n) is 5.45. The first kappa shape index (κ1) is 23.5. The predicted octanol–water partition coefficient (Wildman–Crippen LogP) is 5.33. The number of benzene rings is 3. The maximum atomic E-state index is 11.1. The van der Waals surface area contributed by atoms with Crippen LogP contribution in [0.25, 0.3) is 11.5 Å². The summed E-state index contributed by atoms with van der Waals surface area (Å²) in [7, 11) is 0. The second kappa shape index (κ2) is 10.2. The second-order valence-corrected chi connectivity index (χ2v) is 9.83. The van der Waals surface area contributed by atoms with Crippen LogP contribution in [0.15, 0.2) is 89.7 Å². The zero-order chi connectivity index (χ0) is 25.2. The Morgan fingerprint density at radius 2 is 1.54 bits per heavy atom. The van der Waals surface area contributed by atoms with E-state index in [0.29, 0.717) is 23.5 Å². The van der Waals surface area contributed by atoms with Crippen LogP contribution >= 0.6 is 0 Å². The molecule has 7 heteroatoms. The lowest BCUT2D eigenvalue weighted by Gasteiger charge is -2.34. The van der Waals surface area contributed by atoms with Gasteiger partial charge in [0, 0.05) is 43.8 Å². The third kappa shape index (κ3) is 5.28. The third-order valence-electron chi connectivity index (χ3n) is 7.43. The van der Waals surface area contributed by atoms with E-state index in [0.717, 1.165) is 49.7 Å². The van der Waals surface area contributed by atoms with Crippen LogP contribution in [-0.4, -0.2) is 57.6 Å². The fourth-order valence-corrected chi connectivity index (χ4v) is 5.45. The molecule has 2 aliphatic rings. The van der Waals surface area contributed by atoms with Gasteiger partial charge in [0.05, 0.1) is 11.8 Å². The van der Waals surface area contributed by atoms with Crippen LogP contribution < -0.4 is 4.74 Å². The van der Waals surface area contributed by atoms with Gasteiger partial charge in [-0.15, -0.1) is 0 Å². The number of aromatic carboxylic acids is 1. The minimum Gasteiger partial charge on any atom is -0.478 e. The van der Waals surface area contributed by atoms with Crippen molar-refractivity contribution in [1.29, 1.82) is 0 Å². The van der Waals surface area contributed by atoms with Crippen molar-refractivity contribution in [3.05, 3.63) is 102 Å². The molecule has 1 N–H and O–H groups in total. The highest BCUT2D eigenvalue weighted by atomic mass is 16.5. The van der Waals surface area contributed by atoms with Crippen molar-refractivity contribution in [2.45, 2.75) is 31.5 Å². The number of nitrogens with zero attached hydrogens (tertiary/aromatic N) is 3. The lowest BCUT2D eigenvalue weighted by molar-refractivity contribution is 0.0697. The van der Waals surface area contributed by atoms with E-state index in [-0.39, 0.29) is 0 Å². The van der Waals surface area contributed by atoms with Crippen molar-refractivity contribution in [2.24, 2.45) is 0 Å². The Hall–Kier alpha value is -3.94. The van der Waals surface area contributed by atoms with Gasteiger partial charge in [-0.1, -0.05) is 24.3 Å². The Labute approximate surface area is 215 Å². The number of oxazole rings is 1. The second-order valence-electron chi connectivity index (χ2n) is 9.83. The highest BCUT2D eigenvalue weighted by Crippen LogP contribution is 2.32. The van der Waals surface area contributed by atoms with E-state index < -0.39 is 5.97 Å². The predicted molar refractivity (Wildman–Crippen MR) is 140 cm³/mol. The average molecular weight is 496 g/mol. The molecule has 0 amide bonds. The molecule has 0 unspecified atom stereocenters. The molecule has 0 aliphatic carbocycles. The molecule has 7 nitrogen and oxygen atoms in total. The zero-order valence-electron chi connectivity index (χ0n) is 20.5. The topological polar surface area (TPSA) is 79.0 Å². The number of aromatic nitrogens is 1. The molecule has 188 valence electrons. The van der Waals surface area contributed by atoms with Crippen LogP contribution in [0.4, 0.5) is 0 Å². The van der Waals surface area contributed by atoms with Gasteiger partial charge >= 0.3 is 5.97 Å². The summed E-state index contributed by atoms with van der Waals surface area (Å²) in [6, 6.07) is 24.5. The highest BCUT2D eigenvalue weighted by Gasteiger charge is 2.42. The van der Waals surface area contributed by atoms with E-state index in [9.17, 15) is 4.79 Å². The first-order valence-corrected chi connectivity index (χ1v) is 12.7. The van der Waals surface area contributed by atoms with Crippen molar-refractivity contribution >= 4 is 5.97 Å². The first-order chi connectivity index (χ1) is 18.1. The number of hydrogen-bond donors (Lipinski definition) is 1. The molecule has 6 rings (SSSR count).